The number of methoxy groups -OCH3 is 1. The van der Waals surface area contributed by atoms with E-state index in [4.69, 9.17) is 4.74 Å². The number of hydrogen-bond donors (Lipinski definition) is 0. The van der Waals surface area contributed by atoms with Gasteiger partial charge in [0, 0.05) is 13.7 Å². The highest BCUT2D eigenvalue weighted by atomic mass is 79.9. The Morgan fingerprint density at radius 2 is 2.24 bits per heavy atom. The fourth-order valence-electron chi connectivity index (χ4n) is 1.90. The van der Waals surface area contributed by atoms with Crippen LogP contribution in [0.5, 0.6) is 0 Å². The van der Waals surface area contributed by atoms with Crippen LogP contribution in [0.3, 0.4) is 0 Å². The molecule has 7 nitrogen and oxygen atoms in total. The summed E-state index contributed by atoms with van der Waals surface area (Å²) in [7, 11) is 1.55. The van der Waals surface area contributed by atoms with E-state index in [0.717, 1.165) is 12.1 Å². The molecule has 0 aliphatic heterocycles. The van der Waals surface area contributed by atoms with E-state index in [1.165, 1.54) is 6.07 Å². The van der Waals surface area contributed by atoms with Gasteiger partial charge in [-0.2, -0.15) is 0 Å². The van der Waals surface area contributed by atoms with Gasteiger partial charge in [-0.15, -0.1) is 10.2 Å². The predicted molar refractivity (Wildman–Crippen MR) is 76.6 cm³/mol. The van der Waals surface area contributed by atoms with Crippen LogP contribution in [0.2, 0.25) is 0 Å². The standard InChI is InChI=1S/C12H12BrFN4O3/c1-21-5-4-17-11(7-13)15-16-12(17)9-3-2-8(14)6-10(9)18(19)20/h2-3,6H,4-5,7H2,1H3. The fourth-order valence-corrected chi connectivity index (χ4v) is 2.31. The maximum absolute atomic E-state index is 13.2. The van der Waals surface area contributed by atoms with Crippen LogP contribution in [0.4, 0.5) is 10.1 Å². The van der Waals surface area contributed by atoms with Crippen LogP contribution in [-0.2, 0) is 16.6 Å². The first kappa shape index (κ1) is 15.5. The molecular weight excluding hydrogens is 347 g/mol. The van der Waals surface area contributed by atoms with Crippen molar-refractivity contribution in [1.29, 1.82) is 0 Å². The first-order valence-corrected chi connectivity index (χ1v) is 7.12. The van der Waals surface area contributed by atoms with Crippen molar-refractivity contribution < 1.29 is 14.1 Å². The summed E-state index contributed by atoms with van der Waals surface area (Å²) < 4.78 is 19.9. The van der Waals surface area contributed by atoms with E-state index in [2.05, 4.69) is 26.1 Å². The van der Waals surface area contributed by atoms with Crippen molar-refractivity contribution in [3.05, 3.63) is 40.0 Å². The maximum Gasteiger partial charge on any atom is 0.283 e. The van der Waals surface area contributed by atoms with Crippen LogP contribution in [0.15, 0.2) is 18.2 Å². The molecule has 1 heterocycles. The zero-order valence-electron chi connectivity index (χ0n) is 11.1. The Morgan fingerprint density at radius 3 is 2.86 bits per heavy atom. The Morgan fingerprint density at radius 1 is 1.48 bits per heavy atom. The molecule has 112 valence electrons. The average molecular weight is 359 g/mol. The van der Waals surface area contributed by atoms with Gasteiger partial charge in [0.2, 0.25) is 0 Å². The summed E-state index contributed by atoms with van der Waals surface area (Å²) >= 11 is 3.29. The highest BCUT2D eigenvalue weighted by molar-refractivity contribution is 9.08. The number of alkyl halides is 1. The summed E-state index contributed by atoms with van der Waals surface area (Å²) in [6.07, 6.45) is 0. The molecule has 0 atom stereocenters. The monoisotopic (exact) mass is 358 g/mol. The van der Waals surface area contributed by atoms with Crippen LogP contribution < -0.4 is 0 Å². The van der Waals surface area contributed by atoms with E-state index < -0.39 is 10.7 Å². The second kappa shape index (κ2) is 6.72. The predicted octanol–water partition coefficient (Wildman–Crippen LogP) is 2.53. The number of nitrogens with zero attached hydrogens (tertiary/aromatic N) is 4. The molecule has 0 fully saturated rings. The minimum absolute atomic E-state index is 0.220. The van der Waals surface area contributed by atoms with Gasteiger partial charge in [0.25, 0.3) is 5.69 Å². The van der Waals surface area contributed by atoms with Gasteiger partial charge >= 0.3 is 0 Å². The number of nitro benzene ring substituents is 1. The first-order valence-electron chi connectivity index (χ1n) is 5.99. The van der Waals surface area contributed by atoms with Gasteiger partial charge in [-0.25, -0.2) is 4.39 Å². The zero-order valence-corrected chi connectivity index (χ0v) is 12.7. The molecule has 2 aromatic rings. The molecule has 0 saturated carbocycles. The number of rotatable bonds is 6. The third kappa shape index (κ3) is 3.24. The minimum Gasteiger partial charge on any atom is -0.383 e. The smallest absolute Gasteiger partial charge is 0.283 e. The van der Waals surface area contributed by atoms with Crippen LogP contribution >= 0.6 is 15.9 Å². The second-order valence-corrected chi connectivity index (χ2v) is 4.70. The normalized spacial score (nSPS) is 10.8. The lowest BCUT2D eigenvalue weighted by Gasteiger charge is -2.09. The molecule has 1 aromatic carbocycles. The van der Waals surface area contributed by atoms with Crippen LogP contribution in [0, 0.1) is 15.9 Å². The second-order valence-electron chi connectivity index (χ2n) is 4.14. The fraction of sp³-hybridized carbons (Fsp3) is 0.333. The molecule has 0 unspecified atom stereocenters. The lowest BCUT2D eigenvalue weighted by atomic mass is 10.1. The van der Waals surface area contributed by atoms with Gasteiger partial charge in [-0.3, -0.25) is 10.1 Å². The van der Waals surface area contributed by atoms with E-state index in [0.29, 0.717) is 30.1 Å². The SMILES string of the molecule is COCCn1c(CBr)nnc1-c1ccc(F)cc1[N+](=O)[O-]. The molecule has 2 rings (SSSR count). The van der Waals surface area contributed by atoms with Crippen molar-refractivity contribution in [3.63, 3.8) is 0 Å². The third-order valence-corrected chi connectivity index (χ3v) is 3.36. The van der Waals surface area contributed by atoms with Crippen molar-refractivity contribution in [2.24, 2.45) is 0 Å². The Bertz CT molecular complexity index is 662. The highest BCUT2D eigenvalue weighted by Crippen LogP contribution is 2.30. The number of ether oxygens (including phenoxy) is 1. The quantitative estimate of drug-likeness (QED) is 0.450. The van der Waals surface area contributed by atoms with E-state index in [9.17, 15) is 14.5 Å². The summed E-state index contributed by atoms with van der Waals surface area (Å²) in [6.45, 7) is 0.842. The topological polar surface area (TPSA) is 83.1 Å². The number of halogens is 2. The Balaban J connectivity index is 2.56. The van der Waals surface area contributed by atoms with Gasteiger partial charge < -0.3 is 9.30 Å². The number of aromatic nitrogens is 3. The molecule has 0 spiro atoms. The Kier molecular flexibility index (Phi) is 4.97. The van der Waals surface area contributed by atoms with Crippen LogP contribution in [0.25, 0.3) is 11.4 Å². The average Bonchev–Trinajstić information content (AvgIpc) is 2.87. The molecule has 0 aliphatic rings. The Labute approximate surface area is 128 Å². The molecule has 0 bridgehead atoms. The van der Waals surface area contributed by atoms with E-state index in [1.807, 2.05) is 0 Å². The van der Waals surface area contributed by atoms with Gasteiger partial charge in [-0.05, 0) is 12.1 Å². The molecular formula is C12H12BrFN4O3. The van der Waals surface area contributed by atoms with Gasteiger partial charge in [0.05, 0.1) is 28.5 Å². The summed E-state index contributed by atoms with van der Waals surface area (Å²) in [4.78, 5) is 10.5. The summed E-state index contributed by atoms with van der Waals surface area (Å²) in [5.41, 5.74) is -0.126. The zero-order chi connectivity index (χ0) is 15.4. The Hall–Kier alpha value is -1.87. The number of nitro groups is 1. The van der Waals surface area contributed by atoms with Crippen LogP contribution in [-0.4, -0.2) is 33.4 Å². The molecule has 0 saturated heterocycles. The van der Waals surface area contributed by atoms with Crippen molar-refractivity contribution in [1.82, 2.24) is 14.8 Å². The largest absolute Gasteiger partial charge is 0.383 e. The van der Waals surface area contributed by atoms with Gasteiger partial charge in [0.15, 0.2) is 5.82 Å². The lowest BCUT2D eigenvalue weighted by Crippen LogP contribution is -2.09. The van der Waals surface area contributed by atoms with Crippen molar-refractivity contribution >= 4 is 21.6 Å². The third-order valence-electron chi connectivity index (χ3n) is 2.86. The number of hydrogen-bond acceptors (Lipinski definition) is 5. The summed E-state index contributed by atoms with van der Waals surface area (Å²) in [6, 6.07) is 3.36. The maximum atomic E-state index is 13.2. The molecule has 0 radical (unpaired) electrons. The molecule has 0 amide bonds. The molecule has 1 aromatic heterocycles. The minimum atomic E-state index is -0.672. The molecule has 21 heavy (non-hydrogen) atoms. The number of benzene rings is 1. The molecule has 0 aliphatic carbocycles. The van der Waals surface area contributed by atoms with E-state index in [1.54, 1.807) is 11.7 Å². The van der Waals surface area contributed by atoms with Gasteiger partial charge in [-0.1, -0.05) is 15.9 Å². The van der Waals surface area contributed by atoms with Crippen molar-refractivity contribution in [2.75, 3.05) is 13.7 Å². The van der Waals surface area contributed by atoms with E-state index in [-0.39, 0.29) is 11.3 Å². The van der Waals surface area contributed by atoms with Crippen molar-refractivity contribution in [2.45, 2.75) is 11.9 Å². The van der Waals surface area contributed by atoms with E-state index >= 15 is 0 Å². The summed E-state index contributed by atoms with van der Waals surface area (Å²) in [5.74, 6) is 0.253. The van der Waals surface area contributed by atoms with Crippen molar-refractivity contribution in [3.8, 4) is 11.4 Å². The van der Waals surface area contributed by atoms with Gasteiger partial charge in [0.1, 0.15) is 11.6 Å². The summed E-state index contributed by atoms with van der Waals surface area (Å²) in [5, 5.41) is 19.5. The molecule has 9 heteroatoms. The highest BCUT2D eigenvalue weighted by Gasteiger charge is 2.22. The first-order chi connectivity index (χ1) is 10.1. The van der Waals surface area contributed by atoms with Crippen LogP contribution in [0.1, 0.15) is 5.82 Å². The molecule has 0 N–H and O–H groups in total. The lowest BCUT2D eigenvalue weighted by molar-refractivity contribution is -0.384.